The zero-order valence-electron chi connectivity index (χ0n) is 17.1. The normalized spacial score (nSPS) is 21.7. The molecule has 0 amide bonds. The Balaban J connectivity index is 1.95. The van der Waals surface area contributed by atoms with E-state index in [2.05, 4.69) is 76.2 Å². The van der Waals surface area contributed by atoms with Crippen molar-refractivity contribution in [1.82, 2.24) is 0 Å². The van der Waals surface area contributed by atoms with Crippen molar-refractivity contribution in [2.75, 3.05) is 14.2 Å². The van der Waals surface area contributed by atoms with Crippen LogP contribution in [0.2, 0.25) is 0 Å². The van der Waals surface area contributed by atoms with Crippen molar-refractivity contribution in [1.29, 1.82) is 0 Å². The summed E-state index contributed by atoms with van der Waals surface area (Å²) in [6, 6.07) is 17.5. The molecule has 2 aromatic rings. The van der Waals surface area contributed by atoms with Crippen molar-refractivity contribution in [2.24, 2.45) is 0 Å². The Morgan fingerprint density at radius 2 is 1.04 bits per heavy atom. The van der Waals surface area contributed by atoms with Crippen LogP contribution in [0.3, 0.4) is 0 Å². The molecule has 4 rings (SSSR count). The van der Waals surface area contributed by atoms with E-state index in [1.807, 2.05) is 14.2 Å². The highest BCUT2D eigenvalue weighted by atomic mass is 28.4. The van der Waals surface area contributed by atoms with Gasteiger partial charge in [0.05, 0.1) is 0 Å². The number of fused-ring (bicyclic) bond motifs is 2. The topological polar surface area (TPSA) is 18.5 Å². The summed E-state index contributed by atoms with van der Waals surface area (Å²) in [7, 11) is 0.904. The molecule has 140 valence electrons. The molecule has 0 aromatic heterocycles. The molecule has 27 heavy (non-hydrogen) atoms. The first-order valence-electron chi connectivity index (χ1n) is 9.69. The Kier molecular flexibility index (Phi) is 4.50. The van der Waals surface area contributed by atoms with Crippen LogP contribution < -0.4 is 0 Å². The number of rotatable bonds is 4. The van der Waals surface area contributed by atoms with Crippen molar-refractivity contribution in [3.05, 3.63) is 81.2 Å². The average molecular weight is 377 g/mol. The lowest BCUT2D eigenvalue weighted by molar-refractivity contribution is 0.258. The third kappa shape index (κ3) is 2.38. The van der Waals surface area contributed by atoms with Crippen LogP contribution in [-0.2, 0) is 8.85 Å². The van der Waals surface area contributed by atoms with E-state index in [1.165, 1.54) is 43.8 Å². The second kappa shape index (κ2) is 6.59. The van der Waals surface area contributed by atoms with Crippen LogP contribution in [0, 0.1) is 0 Å². The molecule has 3 heteroatoms. The fourth-order valence-electron chi connectivity index (χ4n) is 5.41. The van der Waals surface area contributed by atoms with Gasteiger partial charge in [-0.25, -0.2) is 0 Å². The van der Waals surface area contributed by atoms with Crippen molar-refractivity contribution in [3.8, 4) is 0 Å². The lowest BCUT2D eigenvalue weighted by Gasteiger charge is -2.35. The van der Waals surface area contributed by atoms with Crippen molar-refractivity contribution < 1.29 is 8.85 Å². The van der Waals surface area contributed by atoms with Crippen LogP contribution in [0.1, 0.15) is 61.8 Å². The van der Waals surface area contributed by atoms with E-state index in [0.717, 1.165) is 0 Å². The molecule has 2 unspecified atom stereocenters. The van der Waals surface area contributed by atoms with Gasteiger partial charge >= 0.3 is 8.56 Å². The molecule has 0 radical (unpaired) electrons. The molecule has 2 atom stereocenters. The Morgan fingerprint density at radius 1 is 0.667 bits per heavy atom. The number of hydrogen-bond acceptors (Lipinski definition) is 2. The Bertz CT molecular complexity index is 890. The van der Waals surface area contributed by atoms with Crippen LogP contribution in [0.25, 0.3) is 11.1 Å². The number of allylic oxidation sites excluding steroid dienone is 4. The van der Waals surface area contributed by atoms with Gasteiger partial charge in [0.2, 0.25) is 0 Å². The number of hydrogen-bond donors (Lipinski definition) is 0. The average Bonchev–Trinajstić information content (AvgIpc) is 3.11. The first kappa shape index (κ1) is 18.4. The summed E-state index contributed by atoms with van der Waals surface area (Å²) in [6.07, 6.45) is 0. The standard InChI is InChI=1S/C24H28O2Si/c1-15-19-11-7-8-12-20(19)16(2)23(15)27(25-5,26-6)24-17(3)21-13-9-10-14-22(21)18(24)4/h7-15,17H,1-6H3. The van der Waals surface area contributed by atoms with Gasteiger partial charge in [-0.15, -0.1) is 0 Å². The summed E-state index contributed by atoms with van der Waals surface area (Å²) >= 11 is 0. The quantitative estimate of drug-likeness (QED) is 0.611. The van der Waals surface area contributed by atoms with Gasteiger partial charge in [0, 0.05) is 26.1 Å². The maximum atomic E-state index is 6.40. The van der Waals surface area contributed by atoms with Gasteiger partial charge in [-0.2, -0.15) is 0 Å². The third-order valence-corrected chi connectivity index (χ3v) is 10.8. The van der Waals surface area contributed by atoms with Gasteiger partial charge in [0.15, 0.2) is 0 Å². The molecule has 0 N–H and O–H groups in total. The molecule has 0 spiro atoms. The van der Waals surface area contributed by atoms with Gasteiger partial charge in [0.25, 0.3) is 0 Å². The maximum Gasteiger partial charge on any atom is 0.400 e. The molecule has 2 aliphatic carbocycles. The minimum Gasteiger partial charge on any atom is -0.391 e. The molecular weight excluding hydrogens is 348 g/mol. The van der Waals surface area contributed by atoms with Crippen LogP contribution in [0.15, 0.2) is 58.9 Å². The molecule has 0 fully saturated rings. The summed E-state index contributed by atoms with van der Waals surface area (Å²) in [5.41, 5.74) is 8.11. The monoisotopic (exact) mass is 376 g/mol. The van der Waals surface area contributed by atoms with Crippen LogP contribution in [0.5, 0.6) is 0 Å². The highest BCUT2D eigenvalue weighted by molar-refractivity contribution is 6.84. The van der Waals surface area contributed by atoms with Gasteiger partial charge in [-0.05, 0) is 57.6 Å². The van der Waals surface area contributed by atoms with E-state index in [4.69, 9.17) is 8.85 Å². The van der Waals surface area contributed by atoms with E-state index >= 15 is 0 Å². The maximum absolute atomic E-state index is 6.40. The summed E-state index contributed by atoms with van der Waals surface area (Å²) in [5.74, 6) is 0.618. The van der Waals surface area contributed by atoms with Crippen LogP contribution >= 0.6 is 0 Å². The van der Waals surface area contributed by atoms with E-state index in [1.54, 1.807) is 0 Å². The second-order valence-electron chi connectivity index (χ2n) is 7.72. The van der Waals surface area contributed by atoms with Crippen LogP contribution in [-0.4, -0.2) is 22.8 Å². The summed E-state index contributed by atoms with van der Waals surface area (Å²) in [6.45, 7) is 9.07. The number of benzene rings is 2. The van der Waals surface area contributed by atoms with Crippen LogP contribution in [0.4, 0.5) is 0 Å². The summed E-state index contributed by atoms with van der Waals surface area (Å²) in [5, 5.41) is 2.73. The zero-order valence-corrected chi connectivity index (χ0v) is 18.1. The van der Waals surface area contributed by atoms with Gasteiger partial charge in [-0.1, -0.05) is 62.4 Å². The van der Waals surface area contributed by atoms with E-state index in [0.29, 0.717) is 11.8 Å². The fraction of sp³-hybridized carbons (Fsp3) is 0.333. The molecule has 0 saturated carbocycles. The first-order chi connectivity index (χ1) is 13.0. The lowest BCUT2D eigenvalue weighted by atomic mass is 10.0. The Morgan fingerprint density at radius 3 is 1.37 bits per heavy atom. The Labute approximate surface area is 163 Å². The SMILES string of the molecule is CO[Si](OC)(C1=C(C)c2ccccc2C1C)C1=C(C)c2ccccc2C1C. The minimum absolute atomic E-state index is 0.309. The minimum atomic E-state index is -2.77. The molecule has 0 saturated heterocycles. The molecule has 2 aliphatic rings. The molecule has 0 aliphatic heterocycles. The second-order valence-corrected chi connectivity index (χ2v) is 10.8. The largest absolute Gasteiger partial charge is 0.400 e. The highest BCUT2D eigenvalue weighted by Gasteiger charge is 2.54. The fourth-order valence-corrected chi connectivity index (χ4v) is 9.46. The predicted molar refractivity (Wildman–Crippen MR) is 115 cm³/mol. The first-order valence-corrected chi connectivity index (χ1v) is 11.5. The van der Waals surface area contributed by atoms with Gasteiger partial charge < -0.3 is 8.85 Å². The van der Waals surface area contributed by atoms with E-state index in [-0.39, 0.29) is 0 Å². The van der Waals surface area contributed by atoms with Crippen molar-refractivity contribution >= 4 is 19.7 Å². The predicted octanol–water partition coefficient (Wildman–Crippen LogP) is 5.98. The molecule has 2 aromatic carbocycles. The smallest absolute Gasteiger partial charge is 0.391 e. The Hall–Kier alpha value is -1.94. The third-order valence-electron chi connectivity index (χ3n) is 6.62. The molecule has 0 bridgehead atoms. The van der Waals surface area contributed by atoms with Crippen molar-refractivity contribution in [3.63, 3.8) is 0 Å². The van der Waals surface area contributed by atoms with Crippen molar-refractivity contribution in [2.45, 2.75) is 39.5 Å². The van der Waals surface area contributed by atoms with Gasteiger partial charge in [0.1, 0.15) is 0 Å². The molecule has 2 nitrogen and oxygen atoms in total. The summed E-state index contributed by atoms with van der Waals surface area (Å²) < 4.78 is 12.8. The molecule has 0 heterocycles. The van der Waals surface area contributed by atoms with E-state index < -0.39 is 8.56 Å². The zero-order chi connectivity index (χ0) is 19.3. The lowest BCUT2D eigenvalue weighted by Crippen LogP contribution is -2.48. The van der Waals surface area contributed by atoms with Gasteiger partial charge in [-0.3, -0.25) is 0 Å². The molecular formula is C24H28O2Si. The highest BCUT2D eigenvalue weighted by Crippen LogP contribution is 2.53. The van der Waals surface area contributed by atoms with E-state index in [9.17, 15) is 0 Å². The summed E-state index contributed by atoms with van der Waals surface area (Å²) in [4.78, 5) is 0.